The van der Waals surface area contributed by atoms with Gasteiger partial charge in [0, 0.05) is 0 Å². The van der Waals surface area contributed by atoms with Gasteiger partial charge in [-0.2, -0.15) is 0 Å². The number of aliphatic hydroxyl groups is 1. The summed E-state index contributed by atoms with van der Waals surface area (Å²) in [4.78, 5) is 20.5. The van der Waals surface area contributed by atoms with Crippen LogP contribution in [0, 0.1) is 0 Å². The van der Waals surface area contributed by atoms with Crippen LogP contribution in [0.25, 0.3) is 0 Å². The summed E-state index contributed by atoms with van der Waals surface area (Å²) in [5.41, 5.74) is 0. The number of ether oxygens (including phenoxy) is 1. The van der Waals surface area contributed by atoms with E-state index in [1.807, 2.05) is 0 Å². The molecule has 14 heteroatoms. The van der Waals surface area contributed by atoms with Gasteiger partial charge in [-0.3, -0.25) is 14.9 Å². The number of rotatable bonds is 6. The Labute approximate surface area is 162 Å². The van der Waals surface area contributed by atoms with Gasteiger partial charge in [0.15, 0.2) is 0 Å². The smallest absolute Gasteiger partial charge is 1.00 e. The van der Waals surface area contributed by atoms with Gasteiger partial charge < -0.3 is 50.7 Å². The Balaban J connectivity index is -0.0000000134. The Morgan fingerprint density at radius 1 is 0.950 bits per heavy atom. The number of hydrogen-bond donors (Lipinski definition) is 3. The topological polar surface area (TPSA) is 285 Å². The summed E-state index contributed by atoms with van der Waals surface area (Å²) in [6.45, 7) is -0.737. The van der Waals surface area contributed by atoms with Crippen LogP contribution in [0.4, 0.5) is 0 Å². The molecule has 20 heavy (non-hydrogen) atoms. The van der Waals surface area contributed by atoms with Crippen molar-refractivity contribution < 1.29 is 119 Å². The molecule has 122 valence electrons. The van der Waals surface area contributed by atoms with Crippen LogP contribution < -0.4 is 64.4 Å². The molecular weight excluding hydrogens is 308 g/mol. The molecule has 0 aromatic carbocycles. The van der Waals surface area contributed by atoms with Crippen molar-refractivity contribution >= 4 is 11.9 Å². The van der Waals surface area contributed by atoms with E-state index < -0.39 is 11.9 Å². The summed E-state index contributed by atoms with van der Waals surface area (Å²) in [6.07, 6.45) is 0. The zero-order chi connectivity index (χ0) is 9.40. The van der Waals surface area contributed by atoms with Gasteiger partial charge in [-0.05, 0) is 0 Å². The average molecular weight is 333 g/mol. The van der Waals surface area contributed by atoms with E-state index in [0.717, 1.165) is 0 Å². The third-order valence-corrected chi connectivity index (χ3v) is 0.900. The summed E-state index contributed by atoms with van der Waals surface area (Å²) in [5, 5.41) is 18.7. The first kappa shape index (κ1) is 58.8. The van der Waals surface area contributed by atoms with E-state index in [-0.39, 0.29) is 121 Å². The summed E-state index contributed by atoms with van der Waals surface area (Å²) >= 11 is 0. The summed E-state index contributed by atoms with van der Waals surface area (Å²) in [6, 6.07) is 0. The van der Waals surface area contributed by atoms with Crippen LogP contribution in [-0.2, 0) is 14.3 Å². The first-order valence-electron chi connectivity index (χ1n) is 3.36. The van der Waals surface area contributed by atoms with Crippen molar-refractivity contribution in [2.45, 2.75) is 0 Å². The van der Waals surface area contributed by atoms with Gasteiger partial charge in [0.2, 0.25) is 0 Å². The molecule has 0 rings (SSSR count). The largest absolute Gasteiger partial charge is 1.00 e. The molecule has 0 atom stereocenters. The quantitative estimate of drug-likeness (QED) is 0.312. The third kappa shape index (κ3) is 51.3. The van der Waals surface area contributed by atoms with Gasteiger partial charge >= 0.3 is 71.1 Å². The molecule has 0 saturated carbocycles. The number of carboxylic acid groups (broad SMARTS) is 1. The average Bonchev–Trinajstić information content (AvgIpc) is 2.00. The zero-order valence-electron chi connectivity index (χ0n) is 13.4. The van der Waals surface area contributed by atoms with E-state index >= 15 is 0 Å². The van der Waals surface area contributed by atoms with Crippen molar-refractivity contribution in [1.29, 1.82) is 0 Å². The number of aliphatic hydroxyl groups excluding tert-OH is 1. The fraction of sp³-hybridized carbons (Fsp3) is 0.667. The predicted octanol–water partition coefficient (Wildman–Crippen LogP) is -12.5. The summed E-state index contributed by atoms with van der Waals surface area (Å²) in [5.74, 6) is -1.62. The van der Waals surface area contributed by atoms with Crippen LogP contribution in [0.5, 0.6) is 0 Å². The molecule has 15 N–H and O–H groups in total. The normalized spacial score (nSPS) is 5.65. The molecule has 0 spiro atoms. The van der Waals surface area contributed by atoms with Gasteiger partial charge in [0.05, 0.1) is 19.7 Å². The monoisotopic (exact) mass is 333 g/mol. The SMILES string of the molecule is O.O.O.O.O.O.O=C(O)CNCC(=O)OCCO.[H-].[H-].[Na+].[Na+]. The second-order valence-electron chi connectivity index (χ2n) is 1.94. The zero-order valence-corrected chi connectivity index (χ0v) is 15.4. The van der Waals surface area contributed by atoms with Gasteiger partial charge in [0.25, 0.3) is 0 Å². The molecular formula is C6H25NNa2O11. The maximum absolute atomic E-state index is 10.6. The number of carboxylic acids is 1. The number of hydrogen-bond acceptors (Lipinski definition) is 5. The number of carbonyl (C=O) groups is 2. The minimum Gasteiger partial charge on any atom is -1.00 e. The molecule has 0 unspecified atom stereocenters. The molecule has 0 aromatic rings. The van der Waals surface area contributed by atoms with Crippen molar-refractivity contribution in [3.8, 4) is 0 Å². The Morgan fingerprint density at radius 2 is 1.35 bits per heavy atom. The van der Waals surface area contributed by atoms with E-state index in [9.17, 15) is 9.59 Å². The first-order valence-corrected chi connectivity index (χ1v) is 3.36. The molecule has 12 nitrogen and oxygen atoms in total. The van der Waals surface area contributed by atoms with Crippen molar-refractivity contribution in [3.63, 3.8) is 0 Å². The van der Waals surface area contributed by atoms with Gasteiger partial charge in [-0.25, -0.2) is 0 Å². The second-order valence-corrected chi connectivity index (χ2v) is 1.94. The Kier molecular flexibility index (Phi) is 126. The minimum absolute atomic E-state index is 0. The number of esters is 1. The molecule has 0 saturated heterocycles. The van der Waals surface area contributed by atoms with Crippen LogP contribution in [0.15, 0.2) is 0 Å². The van der Waals surface area contributed by atoms with Crippen LogP contribution in [0.1, 0.15) is 2.85 Å². The van der Waals surface area contributed by atoms with E-state index in [1.54, 1.807) is 0 Å². The van der Waals surface area contributed by atoms with Gasteiger partial charge in [0.1, 0.15) is 6.61 Å². The van der Waals surface area contributed by atoms with Gasteiger partial charge in [-0.15, -0.1) is 0 Å². The second kappa shape index (κ2) is 42.7. The van der Waals surface area contributed by atoms with Crippen LogP contribution in [-0.4, -0.2) is 81.3 Å². The molecule has 0 heterocycles. The molecule has 0 aliphatic rings. The van der Waals surface area contributed by atoms with Crippen LogP contribution in [0.3, 0.4) is 0 Å². The molecule has 0 aromatic heterocycles. The van der Waals surface area contributed by atoms with E-state index in [4.69, 9.17) is 10.2 Å². The first-order chi connectivity index (χ1) is 5.66. The van der Waals surface area contributed by atoms with E-state index in [0.29, 0.717) is 0 Å². The van der Waals surface area contributed by atoms with Crippen LogP contribution >= 0.6 is 0 Å². The predicted molar refractivity (Wildman–Crippen MR) is 62.5 cm³/mol. The third-order valence-electron chi connectivity index (χ3n) is 0.900. The molecule has 0 aliphatic carbocycles. The molecule has 0 amide bonds. The fourth-order valence-electron chi connectivity index (χ4n) is 0.482. The number of carbonyl (C=O) groups excluding carboxylic acids is 1. The Hall–Kier alpha value is 0.620. The molecule has 0 fully saturated rings. The molecule has 0 bridgehead atoms. The standard InChI is InChI=1S/C6H11NO5.2Na.6H2O.2H/c8-1-2-12-6(11)4-7-3-5(9)10;;;;;;;;;;/h7-8H,1-4H2,(H,9,10);;;6*1H2;;/q;2*+1;;;;;;;2*-1. The van der Waals surface area contributed by atoms with E-state index in [1.165, 1.54) is 0 Å². The Morgan fingerprint density at radius 3 is 1.65 bits per heavy atom. The molecule has 0 radical (unpaired) electrons. The number of nitrogens with one attached hydrogen (secondary N) is 1. The summed E-state index contributed by atoms with van der Waals surface area (Å²) < 4.78 is 4.43. The minimum atomic E-state index is -1.04. The maximum Gasteiger partial charge on any atom is 1.00 e. The Bertz CT molecular complexity index is 183. The summed E-state index contributed by atoms with van der Waals surface area (Å²) in [7, 11) is 0. The molecule has 0 aliphatic heterocycles. The van der Waals surface area contributed by atoms with Crippen molar-refractivity contribution in [2.75, 3.05) is 26.3 Å². The van der Waals surface area contributed by atoms with Crippen molar-refractivity contribution in [2.24, 2.45) is 0 Å². The van der Waals surface area contributed by atoms with Crippen molar-refractivity contribution in [3.05, 3.63) is 0 Å². The van der Waals surface area contributed by atoms with Gasteiger partial charge in [-0.1, -0.05) is 0 Å². The van der Waals surface area contributed by atoms with Crippen molar-refractivity contribution in [1.82, 2.24) is 5.32 Å². The maximum atomic E-state index is 10.6. The van der Waals surface area contributed by atoms with Crippen LogP contribution in [0.2, 0.25) is 0 Å². The number of aliphatic carboxylic acids is 1. The fourth-order valence-corrected chi connectivity index (χ4v) is 0.482. The van der Waals surface area contributed by atoms with E-state index in [2.05, 4.69) is 10.1 Å².